The number of benzene rings is 4. The van der Waals surface area contributed by atoms with Crippen LogP contribution in [0.1, 0.15) is 75.6 Å². The second-order valence-corrected chi connectivity index (χ2v) is 15.4. The number of carbonyl (C=O) groups excluding carboxylic acids is 2. The van der Waals surface area contributed by atoms with Gasteiger partial charge >= 0.3 is 0 Å². The number of hydrogen-bond donors (Lipinski definition) is 3. The van der Waals surface area contributed by atoms with Crippen molar-refractivity contribution in [3.8, 4) is 23.0 Å². The minimum Gasteiger partial charge on any atom is -0.497 e. The summed E-state index contributed by atoms with van der Waals surface area (Å²) in [6, 6.07) is 26.4. The quantitative estimate of drug-likeness (QED) is 0.0942. The number of carbonyl (C=O) groups is 2. The highest BCUT2D eigenvalue weighted by Crippen LogP contribution is 2.52. The third-order valence-electron chi connectivity index (χ3n) is 11.0. The summed E-state index contributed by atoms with van der Waals surface area (Å²) in [6.45, 7) is 8.09. The zero-order chi connectivity index (χ0) is 40.1. The fourth-order valence-electron chi connectivity index (χ4n) is 7.79. The van der Waals surface area contributed by atoms with Crippen molar-refractivity contribution in [2.45, 2.75) is 76.7 Å². The van der Waals surface area contributed by atoms with Crippen LogP contribution in [-0.2, 0) is 20.8 Å². The van der Waals surface area contributed by atoms with E-state index in [-0.39, 0.29) is 37.5 Å². The number of primary amides is 1. The summed E-state index contributed by atoms with van der Waals surface area (Å²) in [4.78, 5) is 30.7. The van der Waals surface area contributed by atoms with Gasteiger partial charge in [0.25, 0.3) is 0 Å². The Balaban J connectivity index is 1.91. The first-order valence-electron chi connectivity index (χ1n) is 18.8. The number of ether oxygens (including phenoxy) is 4. The van der Waals surface area contributed by atoms with Crippen LogP contribution in [0.3, 0.4) is 0 Å². The second kappa shape index (κ2) is 16.8. The molecule has 1 fully saturated rings. The van der Waals surface area contributed by atoms with Gasteiger partial charge in [-0.2, -0.15) is 0 Å². The number of nitrogens with zero attached hydrogens (tertiary/aromatic N) is 1. The lowest BCUT2D eigenvalue weighted by atomic mass is 9.71. The summed E-state index contributed by atoms with van der Waals surface area (Å²) in [6.07, 6.45) is 1.08. The zero-order valence-electron chi connectivity index (χ0n) is 33.2. The first kappa shape index (κ1) is 41.1. The predicted octanol–water partition coefficient (Wildman–Crippen LogP) is 6.82. The standard InChI is InChI=1S/C45H56N2O8/c1-29(2)27-39(44(50,31-9-17-35(52-5)18-10-31)32-11-19-36(53-6)20-12-32)47(42(49)43(25-26-43)41(46)48)40(28-30(3)4)45(51,33-13-21-37(54-7)22-14-33)34-15-23-38(55-8)24-16-34/h9-24,29-30,39-40,50-51H,25-28H2,1-8H3,(H2,46,48)/t39-,40-/m1/s1. The Bertz CT molecular complexity index is 1670. The number of amides is 2. The van der Waals surface area contributed by atoms with Crippen molar-refractivity contribution in [3.05, 3.63) is 119 Å². The maximum Gasteiger partial charge on any atom is 0.239 e. The van der Waals surface area contributed by atoms with Crippen molar-refractivity contribution in [2.75, 3.05) is 28.4 Å². The van der Waals surface area contributed by atoms with Gasteiger partial charge in [0.15, 0.2) is 0 Å². The van der Waals surface area contributed by atoms with E-state index in [2.05, 4.69) is 0 Å². The van der Waals surface area contributed by atoms with Gasteiger partial charge in [-0.3, -0.25) is 9.59 Å². The first-order chi connectivity index (χ1) is 26.2. The Hall–Kier alpha value is -5.06. The van der Waals surface area contributed by atoms with Gasteiger partial charge < -0.3 is 39.8 Å². The molecule has 1 saturated carbocycles. The highest BCUT2D eigenvalue weighted by molar-refractivity contribution is 6.07. The van der Waals surface area contributed by atoms with Crippen LogP contribution in [-0.4, -0.2) is 67.5 Å². The SMILES string of the molecule is COc1ccc(C(O)(c2ccc(OC)cc2)[C@@H](CC(C)C)N(C(=O)C2(C(N)=O)CC2)[C@H](CC(C)C)C(O)(c2ccc(OC)cc2)c2ccc(OC)cc2)cc1. The lowest BCUT2D eigenvalue weighted by Crippen LogP contribution is -2.65. The van der Waals surface area contributed by atoms with Gasteiger partial charge in [-0.15, -0.1) is 0 Å². The fourth-order valence-corrected chi connectivity index (χ4v) is 7.79. The lowest BCUT2D eigenvalue weighted by molar-refractivity contribution is -0.163. The summed E-state index contributed by atoms with van der Waals surface area (Å²) in [5, 5.41) is 27.5. The van der Waals surface area contributed by atoms with Gasteiger partial charge in [-0.1, -0.05) is 76.2 Å². The molecule has 2 atom stereocenters. The number of rotatable bonds is 18. The predicted molar refractivity (Wildman–Crippen MR) is 212 cm³/mol. The topological polar surface area (TPSA) is 141 Å². The van der Waals surface area contributed by atoms with Crippen molar-refractivity contribution >= 4 is 11.8 Å². The van der Waals surface area contributed by atoms with Gasteiger partial charge in [-0.25, -0.2) is 0 Å². The Morgan fingerprint density at radius 2 is 0.836 bits per heavy atom. The van der Waals surface area contributed by atoms with Crippen LogP contribution in [0.25, 0.3) is 0 Å². The third kappa shape index (κ3) is 8.02. The molecule has 4 aromatic rings. The van der Waals surface area contributed by atoms with E-state index in [9.17, 15) is 15.0 Å². The molecule has 0 radical (unpaired) electrons. The van der Waals surface area contributed by atoms with Crippen molar-refractivity contribution in [3.63, 3.8) is 0 Å². The minimum atomic E-state index is -1.89. The van der Waals surface area contributed by atoms with E-state index in [1.54, 1.807) is 130 Å². The maximum atomic E-state index is 15.7. The van der Waals surface area contributed by atoms with Crippen LogP contribution >= 0.6 is 0 Å². The van der Waals surface area contributed by atoms with Crippen LogP contribution in [0.4, 0.5) is 0 Å². The van der Waals surface area contributed by atoms with Gasteiger partial charge in [0.1, 0.15) is 39.6 Å². The molecular formula is C45H56N2O8. The van der Waals surface area contributed by atoms with Crippen molar-refractivity contribution in [1.29, 1.82) is 0 Å². The smallest absolute Gasteiger partial charge is 0.239 e. The summed E-state index contributed by atoms with van der Waals surface area (Å²) < 4.78 is 22.0. The Labute approximate surface area is 325 Å². The molecule has 0 bridgehead atoms. The van der Waals surface area contributed by atoms with E-state index < -0.39 is 40.5 Å². The van der Waals surface area contributed by atoms with E-state index in [1.807, 2.05) is 27.7 Å². The van der Waals surface area contributed by atoms with Crippen LogP contribution in [0.5, 0.6) is 23.0 Å². The maximum absolute atomic E-state index is 15.7. The highest BCUT2D eigenvalue weighted by atomic mass is 16.5. The largest absolute Gasteiger partial charge is 0.497 e. The van der Waals surface area contributed by atoms with Gasteiger partial charge in [0.05, 0.1) is 40.5 Å². The summed E-state index contributed by atoms with van der Waals surface area (Å²) >= 11 is 0. The molecule has 10 heteroatoms. The molecule has 294 valence electrons. The van der Waals surface area contributed by atoms with Gasteiger partial charge in [0.2, 0.25) is 11.8 Å². The van der Waals surface area contributed by atoms with Crippen LogP contribution in [0.2, 0.25) is 0 Å². The molecule has 0 spiro atoms. The number of hydrogen-bond acceptors (Lipinski definition) is 8. The van der Waals surface area contributed by atoms with Crippen molar-refractivity contribution < 1.29 is 38.7 Å². The average Bonchev–Trinajstić information content (AvgIpc) is 4.02. The Morgan fingerprint density at radius 1 is 0.582 bits per heavy atom. The molecule has 0 aromatic heterocycles. The molecule has 0 heterocycles. The van der Waals surface area contributed by atoms with Crippen LogP contribution < -0.4 is 24.7 Å². The summed E-state index contributed by atoms with van der Waals surface area (Å²) in [5.41, 5.74) is 2.78. The van der Waals surface area contributed by atoms with Gasteiger partial charge in [-0.05, 0) is 108 Å². The molecule has 1 aliphatic rings. The van der Waals surface area contributed by atoms with Crippen LogP contribution in [0.15, 0.2) is 97.1 Å². The molecule has 1 aliphatic carbocycles. The third-order valence-corrected chi connectivity index (χ3v) is 11.0. The Morgan fingerprint density at radius 3 is 1.02 bits per heavy atom. The molecular weight excluding hydrogens is 697 g/mol. The fraction of sp³-hybridized carbons (Fsp3) is 0.422. The molecule has 5 rings (SSSR count). The van der Waals surface area contributed by atoms with E-state index in [1.165, 1.54) is 0 Å². The van der Waals surface area contributed by atoms with Crippen molar-refractivity contribution in [1.82, 2.24) is 4.90 Å². The Kier molecular flexibility index (Phi) is 12.5. The normalized spacial score (nSPS) is 14.9. The highest BCUT2D eigenvalue weighted by Gasteiger charge is 2.62. The van der Waals surface area contributed by atoms with E-state index in [4.69, 9.17) is 24.7 Å². The molecule has 0 aliphatic heterocycles. The first-order valence-corrected chi connectivity index (χ1v) is 18.8. The van der Waals surface area contributed by atoms with Crippen molar-refractivity contribution in [2.24, 2.45) is 23.0 Å². The molecule has 2 amide bonds. The second-order valence-electron chi connectivity index (χ2n) is 15.4. The minimum absolute atomic E-state index is 0.0678. The van der Waals surface area contributed by atoms with Crippen LogP contribution in [0, 0.1) is 17.3 Å². The lowest BCUT2D eigenvalue weighted by Gasteiger charge is -2.53. The molecule has 0 saturated heterocycles. The zero-order valence-corrected chi connectivity index (χ0v) is 33.2. The summed E-state index contributed by atoms with van der Waals surface area (Å²) in [7, 11) is 6.28. The monoisotopic (exact) mass is 752 g/mol. The average molecular weight is 753 g/mol. The number of nitrogens with two attached hydrogens (primary N) is 1. The molecule has 0 unspecified atom stereocenters. The van der Waals surface area contributed by atoms with E-state index >= 15 is 4.79 Å². The molecule has 55 heavy (non-hydrogen) atoms. The van der Waals surface area contributed by atoms with Gasteiger partial charge in [0, 0.05) is 0 Å². The molecule has 10 nitrogen and oxygen atoms in total. The molecule has 4 aromatic carbocycles. The van der Waals surface area contributed by atoms with E-state index in [0.717, 1.165) is 0 Å². The number of methoxy groups -OCH3 is 4. The summed E-state index contributed by atoms with van der Waals surface area (Å²) in [5.74, 6) is 0.957. The number of aliphatic hydroxyl groups is 2. The van der Waals surface area contributed by atoms with E-state index in [0.29, 0.717) is 45.3 Å². The molecule has 4 N–H and O–H groups in total.